The number of unbranched alkanes of at least 4 members (excludes halogenated alkanes) is 31. The van der Waals surface area contributed by atoms with E-state index >= 15 is 0 Å². The molecule has 0 aliphatic carbocycles. The van der Waals surface area contributed by atoms with E-state index in [9.17, 15) is 40.5 Å². The molecule has 11 nitrogen and oxygen atoms in total. The van der Waals surface area contributed by atoms with E-state index < -0.39 is 74.2 Å². The van der Waals surface area contributed by atoms with Gasteiger partial charge in [0.1, 0.15) is 36.6 Å². The predicted molar refractivity (Wildman–Crippen MR) is 243 cm³/mol. The van der Waals surface area contributed by atoms with Gasteiger partial charge in [-0.1, -0.05) is 226 Å². The molecule has 1 fully saturated rings. The Morgan fingerprint density at radius 1 is 0.517 bits per heavy atom. The van der Waals surface area contributed by atoms with Crippen molar-refractivity contribution in [3.63, 3.8) is 0 Å². The van der Waals surface area contributed by atoms with E-state index in [0.29, 0.717) is 19.3 Å². The van der Waals surface area contributed by atoms with Crippen LogP contribution in [0.3, 0.4) is 0 Å². The van der Waals surface area contributed by atoms with Crippen LogP contribution >= 0.6 is 0 Å². The molecule has 0 radical (unpaired) electrons. The molecule has 9 unspecified atom stereocenters. The lowest BCUT2D eigenvalue weighted by molar-refractivity contribution is -0.303. The molecule has 11 heteroatoms. The molecule has 1 saturated heterocycles. The first-order valence-corrected chi connectivity index (χ1v) is 25.4. The summed E-state index contributed by atoms with van der Waals surface area (Å²) in [5.74, 6) is -0.693. The molecule has 9 atom stereocenters. The molecule has 1 aliphatic rings. The predicted octanol–water partition coefficient (Wildman–Crippen LogP) is 9.06. The summed E-state index contributed by atoms with van der Waals surface area (Å²) in [7, 11) is 0. The van der Waals surface area contributed by atoms with Gasteiger partial charge in [-0.25, -0.2) is 0 Å². The van der Waals surface area contributed by atoms with Crippen molar-refractivity contribution < 1.29 is 50.0 Å². The average Bonchev–Trinajstić information content (AvgIpc) is 3.25. The van der Waals surface area contributed by atoms with Crippen LogP contribution in [0.25, 0.3) is 0 Å². The highest BCUT2D eigenvalue weighted by atomic mass is 16.7. The number of carbonyl (C=O) groups is 1. The first-order valence-electron chi connectivity index (χ1n) is 25.4. The fourth-order valence-electron chi connectivity index (χ4n) is 8.44. The Morgan fingerprint density at radius 2 is 0.867 bits per heavy atom. The van der Waals surface area contributed by atoms with Gasteiger partial charge in [-0.15, -0.1) is 0 Å². The molecule has 358 valence electrons. The highest BCUT2D eigenvalue weighted by Crippen LogP contribution is 2.23. The van der Waals surface area contributed by atoms with Gasteiger partial charge in [-0.2, -0.15) is 0 Å². The molecule has 0 aromatic heterocycles. The number of rotatable bonds is 43. The van der Waals surface area contributed by atoms with Crippen molar-refractivity contribution >= 4 is 5.91 Å². The molecule has 0 aromatic rings. The van der Waals surface area contributed by atoms with Gasteiger partial charge < -0.3 is 50.5 Å². The zero-order chi connectivity index (χ0) is 44.1. The molecule has 0 bridgehead atoms. The Hall–Kier alpha value is -0.890. The number of aliphatic hydroxyl groups excluding tert-OH is 7. The Kier molecular flexibility index (Phi) is 37.8. The average molecular weight is 860 g/mol. The molecule has 0 spiro atoms. The van der Waals surface area contributed by atoms with Crippen LogP contribution in [-0.2, 0) is 14.3 Å². The van der Waals surface area contributed by atoms with Crippen molar-refractivity contribution in [3.05, 3.63) is 0 Å². The first kappa shape index (κ1) is 57.1. The monoisotopic (exact) mass is 860 g/mol. The Labute approximate surface area is 367 Å². The van der Waals surface area contributed by atoms with Gasteiger partial charge in [0.05, 0.1) is 25.4 Å². The highest BCUT2D eigenvalue weighted by molar-refractivity contribution is 5.80. The van der Waals surface area contributed by atoms with E-state index in [0.717, 1.165) is 38.5 Å². The third kappa shape index (κ3) is 28.7. The third-order valence-electron chi connectivity index (χ3n) is 12.7. The van der Waals surface area contributed by atoms with Crippen molar-refractivity contribution in [2.24, 2.45) is 0 Å². The molecule has 1 aliphatic heterocycles. The van der Waals surface area contributed by atoms with Crippen LogP contribution in [0.4, 0.5) is 0 Å². The molecular formula is C49H97NO10. The van der Waals surface area contributed by atoms with E-state index in [1.165, 1.54) is 161 Å². The van der Waals surface area contributed by atoms with E-state index in [-0.39, 0.29) is 6.42 Å². The van der Waals surface area contributed by atoms with E-state index in [1.807, 2.05) is 0 Å². The second kappa shape index (κ2) is 39.7. The Balaban J connectivity index is 2.30. The zero-order valence-corrected chi connectivity index (χ0v) is 38.7. The van der Waals surface area contributed by atoms with E-state index in [1.54, 1.807) is 0 Å². The maximum atomic E-state index is 13.1. The second-order valence-electron chi connectivity index (χ2n) is 18.3. The van der Waals surface area contributed by atoms with Crippen LogP contribution in [0, 0.1) is 0 Å². The zero-order valence-electron chi connectivity index (χ0n) is 38.7. The van der Waals surface area contributed by atoms with Crippen molar-refractivity contribution in [1.29, 1.82) is 0 Å². The third-order valence-corrected chi connectivity index (χ3v) is 12.7. The number of nitrogens with one attached hydrogen (secondary N) is 1. The van der Waals surface area contributed by atoms with Crippen LogP contribution in [0.5, 0.6) is 0 Å². The van der Waals surface area contributed by atoms with Gasteiger partial charge >= 0.3 is 0 Å². The summed E-state index contributed by atoms with van der Waals surface area (Å²) in [5, 5.41) is 75.7. The maximum Gasteiger partial charge on any atom is 0.249 e. The summed E-state index contributed by atoms with van der Waals surface area (Å²) in [6.45, 7) is 3.44. The lowest BCUT2D eigenvalue weighted by Gasteiger charge is -2.40. The van der Waals surface area contributed by atoms with Gasteiger partial charge in [0.15, 0.2) is 6.29 Å². The molecule has 60 heavy (non-hydrogen) atoms. The van der Waals surface area contributed by atoms with Crippen LogP contribution in [0.2, 0.25) is 0 Å². The van der Waals surface area contributed by atoms with Gasteiger partial charge in [-0.05, 0) is 12.8 Å². The van der Waals surface area contributed by atoms with Gasteiger partial charge in [-0.3, -0.25) is 4.79 Å². The van der Waals surface area contributed by atoms with Gasteiger partial charge in [0.25, 0.3) is 0 Å². The first-order chi connectivity index (χ1) is 29.2. The summed E-state index contributed by atoms with van der Waals surface area (Å²) in [5.41, 5.74) is 0. The number of hydrogen-bond acceptors (Lipinski definition) is 10. The fraction of sp³-hybridized carbons (Fsp3) is 0.980. The van der Waals surface area contributed by atoms with E-state index in [4.69, 9.17) is 9.47 Å². The highest BCUT2D eigenvalue weighted by Gasteiger charge is 2.44. The SMILES string of the molecule is CCCCCCCCCCCCCCCCCCCCCCCCCC(O)C(=O)NC(COC1OC(CO)C(O)C(O)C1O)C(O)C(O)CCCCCCCCCCCC. The standard InChI is InChI=1S/C49H97NO10/c1-3-5-7-9-11-13-15-16-17-18-19-20-21-22-23-24-25-26-27-29-31-33-35-37-42(53)48(58)50-40(39-59-49-47(57)46(56)45(55)43(38-51)60-49)44(54)41(52)36-34-32-30-28-14-12-10-8-6-4-2/h40-47,49,51-57H,3-39H2,1-2H3,(H,50,58). The smallest absolute Gasteiger partial charge is 0.249 e. The minimum Gasteiger partial charge on any atom is -0.394 e. The van der Waals surface area contributed by atoms with E-state index in [2.05, 4.69) is 19.2 Å². The van der Waals surface area contributed by atoms with Gasteiger partial charge in [0, 0.05) is 0 Å². The molecule has 1 rings (SSSR count). The number of aliphatic hydroxyl groups is 7. The Morgan fingerprint density at radius 3 is 1.23 bits per heavy atom. The fourth-order valence-corrected chi connectivity index (χ4v) is 8.44. The molecule has 0 aromatic carbocycles. The summed E-state index contributed by atoms with van der Waals surface area (Å²) >= 11 is 0. The van der Waals surface area contributed by atoms with Gasteiger partial charge in [0.2, 0.25) is 5.91 Å². The molecule has 8 N–H and O–H groups in total. The summed E-state index contributed by atoms with van der Waals surface area (Å²) < 4.78 is 11.1. The minimum absolute atomic E-state index is 0.266. The van der Waals surface area contributed by atoms with Crippen LogP contribution < -0.4 is 5.32 Å². The summed E-state index contributed by atoms with van der Waals surface area (Å²) in [4.78, 5) is 13.1. The lowest BCUT2D eigenvalue weighted by atomic mass is 9.98. The summed E-state index contributed by atoms with van der Waals surface area (Å²) in [6.07, 6.45) is 30.2. The number of ether oxygens (including phenoxy) is 2. The molecule has 1 heterocycles. The van der Waals surface area contributed by atoms with Crippen LogP contribution in [0.15, 0.2) is 0 Å². The molecular weight excluding hydrogens is 763 g/mol. The number of amides is 1. The lowest BCUT2D eigenvalue weighted by Crippen LogP contribution is -2.60. The molecule has 0 saturated carbocycles. The van der Waals surface area contributed by atoms with Crippen LogP contribution in [-0.4, -0.2) is 110 Å². The number of hydrogen-bond donors (Lipinski definition) is 8. The largest absolute Gasteiger partial charge is 0.394 e. The van der Waals surface area contributed by atoms with Crippen molar-refractivity contribution in [3.8, 4) is 0 Å². The van der Waals surface area contributed by atoms with Crippen molar-refractivity contribution in [1.82, 2.24) is 5.32 Å². The normalized spacial score (nSPS) is 21.5. The van der Waals surface area contributed by atoms with Crippen molar-refractivity contribution in [2.75, 3.05) is 13.2 Å². The van der Waals surface area contributed by atoms with Crippen LogP contribution in [0.1, 0.15) is 239 Å². The second-order valence-corrected chi connectivity index (χ2v) is 18.3. The quantitative estimate of drug-likeness (QED) is 0.0275. The minimum atomic E-state index is -1.66. The topological polar surface area (TPSA) is 189 Å². The molecule has 1 amide bonds. The Bertz CT molecular complexity index is 944. The maximum absolute atomic E-state index is 13.1. The number of carbonyl (C=O) groups excluding carboxylic acids is 1. The van der Waals surface area contributed by atoms with Crippen molar-refractivity contribution in [2.45, 2.75) is 294 Å². The summed E-state index contributed by atoms with van der Waals surface area (Å²) in [6, 6.07) is -1.16.